The van der Waals surface area contributed by atoms with Crippen molar-refractivity contribution in [1.82, 2.24) is 0 Å². The number of nitriles is 1. The molecule has 1 atom stereocenters. The van der Waals surface area contributed by atoms with Gasteiger partial charge in [-0.1, -0.05) is 6.42 Å². The average molecular weight is 188 g/mol. The fourth-order valence-electron chi connectivity index (χ4n) is 2.44. The molecule has 0 heterocycles. The maximum absolute atomic E-state index is 10.9. The van der Waals surface area contributed by atoms with Crippen LogP contribution in [0, 0.1) is 17.2 Å². The van der Waals surface area contributed by atoms with E-state index >= 15 is 0 Å². The van der Waals surface area contributed by atoms with Crippen molar-refractivity contribution in [1.29, 1.82) is 5.26 Å². The van der Waals surface area contributed by atoms with Crippen LogP contribution in [0.1, 0.15) is 25.7 Å². The summed E-state index contributed by atoms with van der Waals surface area (Å²) in [4.78, 5) is 10.9. The fraction of sp³-hybridized carbons (Fsp3) is 0.455. The Bertz CT molecular complexity index is 385. The molecule has 0 bridgehead atoms. The van der Waals surface area contributed by atoms with E-state index in [0.29, 0.717) is 16.8 Å². The van der Waals surface area contributed by atoms with E-state index in [9.17, 15) is 4.79 Å². The average Bonchev–Trinajstić information content (AvgIpc) is 2.49. The highest BCUT2D eigenvalue weighted by Gasteiger charge is 2.33. The molecule has 1 saturated carbocycles. The van der Waals surface area contributed by atoms with Crippen molar-refractivity contribution in [3.63, 3.8) is 0 Å². The van der Waals surface area contributed by atoms with Crippen LogP contribution < -0.4 is 5.73 Å². The summed E-state index contributed by atoms with van der Waals surface area (Å²) in [5.41, 5.74) is 8.49. The standard InChI is InChI=1S/C11H12N2O/c12-5-9-7-3-1-2-4-8(7)10(6-14)11(9)13/h6-7H,1-4,13H2. The van der Waals surface area contributed by atoms with E-state index in [-0.39, 0.29) is 5.92 Å². The quantitative estimate of drug-likeness (QED) is 0.633. The van der Waals surface area contributed by atoms with Gasteiger partial charge in [-0.2, -0.15) is 5.26 Å². The molecule has 14 heavy (non-hydrogen) atoms. The first kappa shape index (κ1) is 9.01. The van der Waals surface area contributed by atoms with Crippen LogP contribution in [-0.2, 0) is 4.79 Å². The number of carbonyl (C=O) groups is 1. The molecular weight excluding hydrogens is 176 g/mol. The topological polar surface area (TPSA) is 66.9 Å². The summed E-state index contributed by atoms with van der Waals surface area (Å²) >= 11 is 0. The normalized spacial score (nSPS) is 26.1. The summed E-state index contributed by atoms with van der Waals surface area (Å²) in [6.45, 7) is 0. The van der Waals surface area contributed by atoms with Crippen molar-refractivity contribution in [2.45, 2.75) is 25.7 Å². The Balaban J connectivity index is 2.48. The van der Waals surface area contributed by atoms with Gasteiger partial charge in [0.2, 0.25) is 0 Å². The maximum Gasteiger partial charge on any atom is 0.152 e. The van der Waals surface area contributed by atoms with Crippen LogP contribution in [-0.4, -0.2) is 6.29 Å². The lowest BCUT2D eigenvalue weighted by molar-refractivity contribution is -0.104. The zero-order chi connectivity index (χ0) is 10.1. The Morgan fingerprint density at radius 2 is 2.29 bits per heavy atom. The molecule has 3 nitrogen and oxygen atoms in total. The van der Waals surface area contributed by atoms with Crippen molar-refractivity contribution in [2.75, 3.05) is 0 Å². The molecule has 0 aromatic heterocycles. The number of allylic oxidation sites excluding steroid dienone is 3. The zero-order valence-electron chi connectivity index (χ0n) is 7.92. The van der Waals surface area contributed by atoms with E-state index in [0.717, 1.165) is 37.5 Å². The molecule has 2 aliphatic rings. The molecule has 0 aliphatic heterocycles. The summed E-state index contributed by atoms with van der Waals surface area (Å²) < 4.78 is 0. The van der Waals surface area contributed by atoms with Crippen molar-refractivity contribution in [3.8, 4) is 6.07 Å². The number of rotatable bonds is 1. The second kappa shape index (κ2) is 3.30. The number of hydrogen-bond donors (Lipinski definition) is 1. The Morgan fingerprint density at radius 1 is 1.50 bits per heavy atom. The summed E-state index contributed by atoms with van der Waals surface area (Å²) in [6, 6.07) is 2.13. The zero-order valence-corrected chi connectivity index (χ0v) is 7.92. The third-order valence-corrected chi connectivity index (χ3v) is 3.12. The largest absolute Gasteiger partial charge is 0.397 e. The van der Waals surface area contributed by atoms with Crippen LogP contribution in [0.15, 0.2) is 22.4 Å². The smallest absolute Gasteiger partial charge is 0.152 e. The number of fused-ring (bicyclic) bond motifs is 1. The predicted molar refractivity (Wildman–Crippen MR) is 51.9 cm³/mol. The van der Waals surface area contributed by atoms with E-state index in [4.69, 9.17) is 11.0 Å². The second-order valence-electron chi connectivity index (χ2n) is 3.79. The van der Waals surface area contributed by atoms with Crippen molar-refractivity contribution in [3.05, 3.63) is 22.4 Å². The molecule has 0 saturated heterocycles. The molecule has 2 aliphatic carbocycles. The number of nitrogens with two attached hydrogens (primary N) is 1. The lowest BCUT2D eigenvalue weighted by atomic mass is 9.82. The molecular formula is C11H12N2O. The van der Waals surface area contributed by atoms with Crippen LogP contribution in [0.3, 0.4) is 0 Å². The number of hydrogen-bond acceptors (Lipinski definition) is 3. The van der Waals surface area contributed by atoms with E-state index in [1.54, 1.807) is 0 Å². The second-order valence-corrected chi connectivity index (χ2v) is 3.79. The number of aldehydes is 1. The molecule has 72 valence electrons. The van der Waals surface area contributed by atoms with Gasteiger partial charge in [-0.05, 0) is 24.8 Å². The first-order valence-corrected chi connectivity index (χ1v) is 4.88. The SMILES string of the molecule is N#CC1=C(N)C(C=O)=C2CCCCC12. The summed E-state index contributed by atoms with van der Waals surface area (Å²) in [7, 11) is 0. The van der Waals surface area contributed by atoms with Crippen LogP contribution in [0.5, 0.6) is 0 Å². The highest BCUT2D eigenvalue weighted by molar-refractivity contribution is 5.85. The van der Waals surface area contributed by atoms with Gasteiger partial charge >= 0.3 is 0 Å². The van der Waals surface area contributed by atoms with Crippen LogP contribution in [0.2, 0.25) is 0 Å². The Labute approximate surface area is 82.9 Å². The molecule has 0 spiro atoms. The summed E-state index contributed by atoms with van der Waals surface area (Å²) in [5, 5.41) is 8.96. The Morgan fingerprint density at radius 3 is 2.93 bits per heavy atom. The van der Waals surface area contributed by atoms with Crippen molar-refractivity contribution >= 4 is 6.29 Å². The van der Waals surface area contributed by atoms with E-state index in [1.165, 1.54) is 0 Å². The molecule has 0 aromatic rings. The van der Waals surface area contributed by atoms with Gasteiger partial charge in [-0.15, -0.1) is 0 Å². The number of nitrogens with zero attached hydrogens (tertiary/aromatic N) is 1. The number of carbonyl (C=O) groups excluding carboxylic acids is 1. The fourth-order valence-corrected chi connectivity index (χ4v) is 2.44. The van der Waals surface area contributed by atoms with Gasteiger partial charge in [0, 0.05) is 11.5 Å². The maximum atomic E-state index is 10.9. The first-order valence-electron chi connectivity index (χ1n) is 4.88. The van der Waals surface area contributed by atoms with Gasteiger partial charge in [0.1, 0.15) is 0 Å². The van der Waals surface area contributed by atoms with Gasteiger partial charge in [-0.25, -0.2) is 0 Å². The van der Waals surface area contributed by atoms with Gasteiger partial charge in [0.15, 0.2) is 6.29 Å². The minimum Gasteiger partial charge on any atom is -0.397 e. The third-order valence-electron chi connectivity index (χ3n) is 3.12. The van der Waals surface area contributed by atoms with Gasteiger partial charge in [-0.3, -0.25) is 4.79 Å². The van der Waals surface area contributed by atoms with E-state index in [2.05, 4.69) is 6.07 Å². The third kappa shape index (κ3) is 1.07. The summed E-state index contributed by atoms with van der Waals surface area (Å²) in [6.07, 6.45) is 4.92. The Kier molecular flexibility index (Phi) is 2.12. The highest BCUT2D eigenvalue weighted by Crippen LogP contribution is 2.42. The molecule has 0 radical (unpaired) electrons. The van der Waals surface area contributed by atoms with Crippen LogP contribution in [0.25, 0.3) is 0 Å². The molecule has 2 rings (SSSR count). The lowest BCUT2D eigenvalue weighted by Gasteiger charge is -2.21. The van der Waals surface area contributed by atoms with Gasteiger partial charge in [0.25, 0.3) is 0 Å². The van der Waals surface area contributed by atoms with Gasteiger partial charge in [0.05, 0.1) is 17.3 Å². The van der Waals surface area contributed by atoms with Crippen molar-refractivity contribution in [2.24, 2.45) is 11.7 Å². The molecule has 2 N–H and O–H groups in total. The lowest BCUT2D eigenvalue weighted by Crippen LogP contribution is -2.09. The first-order chi connectivity index (χ1) is 6.79. The minimum absolute atomic E-state index is 0.147. The Hall–Kier alpha value is -1.56. The van der Waals surface area contributed by atoms with Crippen LogP contribution >= 0.6 is 0 Å². The molecule has 1 fully saturated rings. The minimum atomic E-state index is 0.147. The van der Waals surface area contributed by atoms with E-state index < -0.39 is 0 Å². The molecule has 0 aromatic carbocycles. The molecule has 3 heteroatoms. The monoisotopic (exact) mass is 188 g/mol. The molecule has 0 amide bonds. The predicted octanol–water partition coefficient (Wildman–Crippen LogP) is 1.42. The summed E-state index contributed by atoms with van der Waals surface area (Å²) in [5.74, 6) is 0.147. The van der Waals surface area contributed by atoms with Gasteiger partial charge < -0.3 is 5.73 Å². The molecule has 1 unspecified atom stereocenters. The highest BCUT2D eigenvalue weighted by atomic mass is 16.1. The van der Waals surface area contributed by atoms with E-state index in [1.807, 2.05) is 0 Å². The van der Waals surface area contributed by atoms with Crippen LogP contribution in [0.4, 0.5) is 0 Å². The van der Waals surface area contributed by atoms with Crippen molar-refractivity contribution < 1.29 is 4.79 Å².